The lowest BCUT2D eigenvalue weighted by Crippen LogP contribution is -2.33. The molecule has 2 aromatic heterocycles. The van der Waals surface area contributed by atoms with Crippen molar-refractivity contribution >= 4 is 11.1 Å². The molecule has 0 bridgehead atoms. The highest BCUT2D eigenvalue weighted by atomic mass is 16.5. The molecule has 0 unspecified atom stereocenters. The molecule has 80 valence electrons. The molecule has 0 spiro atoms. The average Bonchev–Trinajstić information content (AvgIpc) is 2.64. The monoisotopic (exact) mass is 206 g/mol. The lowest BCUT2D eigenvalue weighted by atomic mass is 10.2. The van der Waals surface area contributed by atoms with Crippen molar-refractivity contribution in [3.63, 3.8) is 0 Å². The zero-order valence-corrected chi connectivity index (χ0v) is 9.16. The van der Waals surface area contributed by atoms with Crippen molar-refractivity contribution in [2.75, 3.05) is 0 Å². The summed E-state index contributed by atoms with van der Waals surface area (Å²) >= 11 is 0. The first kappa shape index (κ1) is 10.0. The smallest absolute Gasteiger partial charge is 0.303 e. The minimum absolute atomic E-state index is 0.745. The Labute approximate surface area is 88.9 Å². The van der Waals surface area contributed by atoms with Crippen molar-refractivity contribution in [2.24, 2.45) is 0 Å². The van der Waals surface area contributed by atoms with Gasteiger partial charge < -0.3 is 4.42 Å². The van der Waals surface area contributed by atoms with E-state index in [4.69, 9.17) is 4.42 Å². The molecule has 0 atom stereocenters. The fourth-order valence-electron chi connectivity index (χ4n) is 1.66. The first-order valence-corrected chi connectivity index (χ1v) is 5.35. The molecule has 0 aliphatic carbocycles. The van der Waals surface area contributed by atoms with Gasteiger partial charge in [-0.05, 0) is 12.5 Å². The van der Waals surface area contributed by atoms with E-state index in [-0.39, 0.29) is 0 Å². The SMILES string of the molecule is CCCCc1cc2c(ccc(C)[n+]2O)o1. The summed E-state index contributed by atoms with van der Waals surface area (Å²) in [6.45, 7) is 4.01. The molecule has 0 aliphatic rings. The fourth-order valence-corrected chi connectivity index (χ4v) is 1.66. The van der Waals surface area contributed by atoms with Gasteiger partial charge in [-0.15, -0.1) is 0 Å². The highest BCUT2D eigenvalue weighted by Gasteiger charge is 2.16. The third kappa shape index (κ3) is 1.82. The maximum Gasteiger partial charge on any atom is 0.303 e. The number of furan rings is 1. The van der Waals surface area contributed by atoms with E-state index in [1.165, 1.54) is 4.73 Å². The topological polar surface area (TPSA) is 37.2 Å². The maximum absolute atomic E-state index is 9.75. The predicted molar refractivity (Wildman–Crippen MR) is 56.9 cm³/mol. The normalized spacial score (nSPS) is 11.1. The molecular formula is C12H16NO2+. The first-order chi connectivity index (χ1) is 7.22. The van der Waals surface area contributed by atoms with Crippen LogP contribution in [0.25, 0.3) is 11.1 Å². The van der Waals surface area contributed by atoms with Crippen LogP contribution in [-0.2, 0) is 6.42 Å². The number of unbranched alkanes of at least 4 members (excludes halogenated alkanes) is 1. The van der Waals surface area contributed by atoms with E-state index in [2.05, 4.69) is 6.92 Å². The highest BCUT2D eigenvalue weighted by Crippen LogP contribution is 2.17. The number of nitrogens with zero attached hydrogens (tertiary/aromatic N) is 1. The first-order valence-electron chi connectivity index (χ1n) is 5.35. The van der Waals surface area contributed by atoms with Gasteiger partial charge in [-0.2, -0.15) is 0 Å². The molecular weight excluding hydrogens is 190 g/mol. The van der Waals surface area contributed by atoms with E-state index in [1.807, 2.05) is 25.1 Å². The van der Waals surface area contributed by atoms with Gasteiger partial charge in [0.25, 0.3) is 0 Å². The summed E-state index contributed by atoms with van der Waals surface area (Å²) in [7, 11) is 0. The summed E-state index contributed by atoms with van der Waals surface area (Å²) in [5.41, 5.74) is 2.31. The summed E-state index contributed by atoms with van der Waals surface area (Å²) in [6.07, 6.45) is 3.20. The van der Waals surface area contributed by atoms with Crippen LogP contribution in [0.1, 0.15) is 31.2 Å². The van der Waals surface area contributed by atoms with Crippen LogP contribution in [0, 0.1) is 6.92 Å². The summed E-state index contributed by atoms with van der Waals surface area (Å²) < 4.78 is 6.80. The number of hydrogen-bond donors (Lipinski definition) is 1. The van der Waals surface area contributed by atoms with Crippen LogP contribution < -0.4 is 4.73 Å². The van der Waals surface area contributed by atoms with Gasteiger partial charge in [0.1, 0.15) is 5.76 Å². The maximum atomic E-state index is 9.75. The second-order valence-electron chi connectivity index (χ2n) is 3.85. The number of fused-ring (bicyclic) bond motifs is 1. The molecule has 2 aromatic rings. The molecule has 3 nitrogen and oxygen atoms in total. The lowest BCUT2D eigenvalue weighted by molar-refractivity contribution is -0.888. The van der Waals surface area contributed by atoms with Crippen molar-refractivity contribution in [3.8, 4) is 0 Å². The third-order valence-electron chi connectivity index (χ3n) is 2.61. The predicted octanol–water partition coefficient (Wildman–Crippen LogP) is 2.61. The van der Waals surface area contributed by atoms with Crippen LogP contribution in [0.2, 0.25) is 0 Å². The third-order valence-corrected chi connectivity index (χ3v) is 2.61. The summed E-state index contributed by atoms with van der Waals surface area (Å²) in [5, 5.41) is 9.75. The van der Waals surface area contributed by atoms with E-state index in [9.17, 15) is 5.21 Å². The van der Waals surface area contributed by atoms with Gasteiger partial charge >= 0.3 is 5.52 Å². The number of aromatic nitrogens is 1. The average molecular weight is 206 g/mol. The Morgan fingerprint density at radius 2 is 2.20 bits per heavy atom. The Bertz CT molecular complexity index is 474. The second-order valence-corrected chi connectivity index (χ2v) is 3.85. The number of rotatable bonds is 3. The standard InChI is InChI=1S/C12H16NO2/c1-3-4-5-10-8-11-12(15-10)7-6-9(2)13(11)14/h6-8,14H,3-5H2,1-2H3/q+1. The van der Waals surface area contributed by atoms with Crippen molar-refractivity contribution < 1.29 is 14.4 Å². The summed E-state index contributed by atoms with van der Waals surface area (Å²) in [5.74, 6) is 0.945. The molecule has 0 aliphatic heterocycles. The lowest BCUT2D eigenvalue weighted by Gasteiger charge is -1.90. The minimum atomic E-state index is 0.745. The van der Waals surface area contributed by atoms with E-state index in [0.717, 1.165) is 41.8 Å². The number of pyridine rings is 1. The summed E-state index contributed by atoms with van der Waals surface area (Å²) in [4.78, 5) is 0. The van der Waals surface area contributed by atoms with Gasteiger partial charge in [-0.1, -0.05) is 13.3 Å². The van der Waals surface area contributed by atoms with Gasteiger partial charge in [0.15, 0.2) is 0 Å². The van der Waals surface area contributed by atoms with Crippen LogP contribution in [0.5, 0.6) is 0 Å². The van der Waals surface area contributed by atoms with Crippen LogP contribution in [0.15, 0.2) is 22.6 Å². The van der Waals surface area contributed by atoms with E-state index >= 15 is 0 Å². The van der Waals surface area contributed by atoms with Crippen LogP contribution in [0.3, 0.4) is 0 Å². The Hall–Kier alpha value is -1.51. The molecule has 1 N–H and O–H groups in total. The van der Waals surface area contributed by atoms with E-state index < -0.39 is 0 Å². The van der Waals surface area contributed by atoms with Crippen LogP contribution >= 0.6 is 0 Å². The fraction of sp³-hybridized carbons (Fsp3) is 0.417. The molecule has 0 fully saturated rings. The molecule has 0 radical (unpaired) electrons. The van der Waals surface area contributed by atoms with Gasteiger partial charge in [0.05, 0.1) is 6.07 Å². The molecule has 0 saturated carbocycles. The number of aryl methyl sites for hydroxylation is 2. The summed E-state index contributed by atoms with van der Waals surface area (Å²) in [6, 6.07) is 5.65. The van der Waals surface area contributed by atoms with Gasteiger partial charge in [-0.3, -0.25) is 5.21 Å². The quantitative estimate of drug-likeness (QED) is 0.619. The van der Waals surface area contributed by atoms with Crippen molar-refractivity contribution in [2.45, 2.75) is 33.1 Å². The zero-order valence-electron chi connectivity index (χ0n) is 9.16. The minimum Gasteiger partial charge on any atom is -0.454 e. The highest BCUT2D eigenvalue weighted by molar-refractivity contribution is 5.69. The van der Waals surface area contributed by atoms with Crippen LogP contribution in [0.4, 0.5) is 0 Å². The van der Waals surface area contributed by atoms with Gasteiger partial charge in [-0.25, -0.2) is 0 Å². The van der Waals surface area contributed by atoms with Crippen molar-refractivity contribution in [1.29, 1.82) is 0 Å². The molecule has 0 aromatic carbocycles. The molecule has 3 heteroatoms. The van der Waals surface area contributed by atoms with Crippen molar-refractivity contribution in [1.82, 2.24) is 0 Å². The van der Waals surface area contributed by atoms with E-state index in [1.54, 1.807) is 0 Å². The molecule has 2 heterocycles. The molecule has 0 amide bonds. The van der Waals surface area contributed by atoms with E-state index in [0.29, 0.717) is 0 Å². The Morgan fingerprint density at radius 1 is 1.40 bits per heavy atom. The Morgan fingerprint density at radius 3 is 2.93 bits per heavy atom. The van der Waals surface area contributed by atoms with Gasteiger partial charge in [0.2, 0.25) is 11.3 Å². The molecule has 2 rings (SSSR count). The molecule has 15 heavy (non-hydrogen) atoms. The largest absolute Gasteiger partial charge is 0.454 e. The second kappa shape index (κ2) is 3.93. The van der Waals surface area contributed by atoms with Crippen molar-refractivity contribution in [3.05, 3.63) is 29.7 Å². The zero-order chi connectivity index (χ0) is 10.8. The Kier molecular flexibility index (Phi) is 2.62. The Balaban J connectivity index is 2.42. The van der Waals surface area contributed by atoms with Gasteiger partial charge in [0, 0.05) is 24.1 Å². The number of hydrogen-bond acceptors (Lipinski definition) is 2. The molecule has 0 saturated heterocycles. The van der Waals surface area contributed by atoms with Crippen LogP contribution in [-0.4, -0.2) is 5.21 Å².